The molecule has 1 N–H and O–H groups in total. The van der Waals surface area contributed by atoms with E-state index in [1.165, 1.54) is 23.3 Å². The van der Waals surface area contributed by atoms with Gasteiger partial charge in [-0.15, -0.1) is 6.42 Å². The van der Waals surface area contributed by atoms with Crippen molar-refractivity contribution in [3.05, 3.63) is 63.7 Å². The van der Waals surface area contributed by atoms with E-state index in [0.717, 1.165) is 37.9 Å². The first kappa shape index (κ1) is 20.1. The predicted molar refractivity (Wildman–Crippen MR) is 118 cm³/mol. The summed E-state index contributed by atoms with van der Waals surface area (Å²) < 4.78 is 5.96. The fourth-order valence-corrected chi connectivity index (χ4v) is 6.65. The van der Waals surface area contributed by atoms with Crippen molar-refractivity contribution in [1.82, 2.24) is 0 Å². The number of rotatable bonds is 3. The number of terminal acetylenes is 1. The first-order chi connectivity index (χ1) is 14.8. The Balaban J connectivity index is 1.37. The van der Waals surface area contributed by atoms with Gasteiger partial charge in [-0.25, -0.2) is 0 Å². The van der Waals surface area contributed by atoms with Crippen LogP contribution < -0.4 is 4.74 Å². The highest BCUT2D eigenvalue weighted by Crippen LogP contribution is 2.64. The van der Waals surface area contributed by atoms with Crippen molar-refractivity contribution in [2.75, 3.05) is 0 Å². The molecule has 5 heteroatoms. The van der Waals surface area contributed by atoms with Crippen LogP contribution in [-0.2, 0) is 6.42 Å². The highest BCUT2D eigenvalue weighted by molar-refractivity contribution is 5.44. The predicted octanol–water partition coefficient (Wildman–Crippen LogP) is 5.61. The van der Waals surface area contributed by atoms with Crippen LogP contribution >= 0.6 is 0 Å². The maximum absolute atomic E-state index is 11.1. The SMILES string of the molecule is C#C[C@]1(O)CC[C@@H]2[C@@H]3CCc4cc(Oc5ccc([N+](=O)[O-])cc5)ccc4[C@@H]3CC[C@]21C. The van der Waals surface area contributed by atoms with Crippen LogP contribution in [0.2, 0.25) is 0 Å². The summed E-state index contributed by atoms with van der Waals surface area (Å²) in [4.78, 5) is 10.4. The summed E-state index contributed by atoms with van der Waals surface area (Å²) in [7, 11) is 0. The highest BCUT2D eigenvalue weighted by Gasteiger charge is 2.61. The van der Waals surface area contributed by atoms with Gasteiger partial charge in [0, 0.05) is 17.5 Å². The zero-order valence-corrected chi connectivity index (χ0v) is 17.7. The molecule has 0 heterocycles. The number of aliphatic hydroxyl groups is 1. The summed E-state index contributed by atoms with van der Waals surface area (Å²) in [5.74, 6) is 5.63. The molecule has 0 unspecified atom stereocenters. The molecule has 5 rings (SSSR count). The minimum absolute atomic E-state index is 0.0526. The Morgan fingerprint density at radius 3 is 2.58 bits per heavy atom. The van der Waals surface area contributed by atoms with Gasteiger partial charge in [0.1, 0.15) is 17.1 Å². The van der Waals surface area contributed by atoms with Gasteiger partial charge in [0.05, 0.1) is 4.92 Å². The Morgan fingerprint density at radius 1 is 1.13 bits per heavy atom. The van der Waals surface area contributed by atoms with E-state index in [0.29, 0.717) is 29.9 Å². The number of non-ortho nitro benzene ring substituents is 1. The Hall–Kier alpha value is -2.84. The van der Waals surface area contributed by atoms with Crippen LogP contribution in [0.1, 0.15) is 56.1 Å². The Labute approximate surface area is 182 Å². The molecule has 31 heavy (non-hydrogen) atoms. The second-order valence-corrected chi connectivity index (χ2v) is 9.63. The Morgan fingerprint density at radius 2 is 1.87 bits per heavy atom. The molecule has 0 spiro atoms. The van der Waals surface area contributed by atoms with E-state index >= 15 is 0 Å². The highest BCUT2D eigenvalue weighted by atomic mass is 16.6. The fraction of sp³-hybridized carbons (Fsp3) is 0.462. The molecule has 5 nitrogen and oxygen atoms in total. The van der Waals surface area contributed by atoms with Gasteiger partial charge in [-0.2, -0.15) is 0 Å². The van der Waals surface area contributed by atoms with Gasteiger partial charge in [-0.1, -0.05) is 18.9 Å². The van der Waals surface area contributed by atoms with Crippen LogP contribution in [0, 0.1) is 39.7 Å². The Kier molecular flexibility index (Phi) is 4.60. The number of nitro groups is 1. The van der Waals surface area contributed by atoms with Crippen molar-refractivity contribution in [3.8, 4) is 23.8 Å². The molecule has 2 saturated carbocycles. The van der Waals surface area contributed by atoms with Crippen molar-refractivity contribution < 1.29 is 14.8 Å². The number of hydrogen-bond acceptors (Lipinski definition) is 4. The number of aryl methyl sites for hydroxylation is 1. The van der Waals surface area contributed by atoms with Crippen molar-refractivity contribution in [2.24, 2.45) is 17.3 Å². The minimum atomic E-state index is -0.967. The topological polar surface area (TPSA) is 72.6 Å². The van der Waals surface area contributed by atoms with Crippen LogP contribution in [-0.4, -0.2) is 15.6 Å². The largest absolute Gasteiger partial charge is 0.457 e. The van der Waals surface area contributed by atoms with Crippen molar-refractivity contribution in [2.45, 2.75) is 57.0 Å². The molecule has 2 aromatic rings. The molecule has 0 saturated heterocycles. The van der Waals surface area contributed by atoms with E-state index in [4.69, 9.17) is 11.2 Å². The molecule has 2 aromatic carbocycles. The maximum Gasteiger partial charge on any atom is 0.269 e. The van der Waals surface area contributed by atoms with Crippen LogP contribution in [0.4, 0.5) is 5.69 Å². The first-order valence-electron chi connectivity index (χ1n) is 11.1. The summed E-state index contributed by atoms with van der Waals surface area (Å²) >= 11 is 0. The third-order valence-corrected chi connectivity index (χ3v) is 8.37. The van der Waals surface area contributed by atoms with Crippen LogP contribution in [0.3, 0.4) is 0 Å². The number of hydrogen-bond donors (Lipinski definition) is 1. The maximum atomic E-state index is 11.1. The summed E-state index contributed by atoms with van der Waals surface area (Å²) in [6.45, 7) is 2.21. The summed E-state index contributed by atoms with van der Waals surface area (Å²) in [5.41, 5.74) is 1.64. The number of nitro benzene ring substituents is 1. The quantitative estimate of drug-likeness (QED) is 0.400. The zero-order chi connectivity index (χ0) is 21.8. The molecule has 0 aromatic heterocycles. The van der Waals surface area contributed by atoms with Crippen LogP contribution in [0.5, 0.6) is 11.5 Å². The smallest absolute Gasteiger partial charge is 0.269 e. The fourth-order valence-electron chi connectivity index (χ4n) is 6.65. The number of fused-ring (bicyclic) bond motifs is 5. The van der Waals surface area contributed by atoms with Crippen molar-refractivity contribution >= 4 is 5.69 Å². The number of nitrogens with zero attached hydrogens (tertiary/aromatic N) is 1. The molecule has 160 valence electrons. The number of ether oxygens (including phenoxy) is 1. The molecule has 3 aliphatic rings. The molecule has 0 aliphatic heterocycles. The van der Waals surface area contributed by atoms with E-state index in [9.17, 15) is 15.2 Å². The standard InChI is InChI=1S/C26H27NO4/c1-3-26(28)15-13-24-23-10-4-17-16-20(31-19-7-5-18(6-8-19)27(29)30)9-11-21(17)22(23)12-14-25(24,26)2/h1,5-9,11,16,22-24,28H,4,10,12-15H2,2H3/t22-,23+,24+,25+,26-/m0/s1. The van der Waals surface area contributed by atoms with E-state index in [1.807, 2.05) is 6.07 Å². The third-order valence-electron chi connectivity index (χ3n) is 8.37. The molecule has 0 radical (unpaired) electrons. The van der Waals surface area contributed by atoms with E-state index in [2.05, 4.69) is 25.0 Å². The van der Waals surface area contributed by atoms with E-state index in [-0.39, 0.29) is 11.1 Å². The lowest BCUT2D eigenvalue weighted by molar-refractivity contribution is -0.384. The summed E-state index contributed by atoms with van der Waals surface area (Å²) in [5, 5.41) is 21.9. The van der Waals surface area contributed by atoms with Crippen molar-refractivity contribution in [1.29, 1.82) is 0 Å². The van der Waals surface area contributed by atoms with Gasteiger partial charge in [0.25, 0.3) is 5.69 Å². The first-order valence-corrected chi connectivity index (χ1v) is 11.1. The summed E-state index contributed by atoms with van der Waals surface area (Å²) in [6.07, 6.45) is 11.6. The van der Waals surface area contributed by atoms with Gasteiger partial charge in [-0.05, 0) is 91.7 Å². The van der Waals surface area contributed by atoms with Crippen molar-refractivity contribution in [3.63, 3.8) is 0 Å². The molecule has 5 atom stereocenters. The van der Waals surface area contributed by atoms with Gasteiger partial charge < -0.3 is 9.84 Å². The minimum Gasteiger partial charge on any atom is -0.457 e. The van der Waals surface area contributed by atoms with Gasteiger partial charge in [0.2, 0.25) is 0 Å². The second kappa shape index (κ2) is 7.10. The molecule has 0 amide bonds. The van der Waals surface area contributed by atoms with Crippen LogP contribution in [0.25, 0.3) is 0 Å². The molecule has 2 fully saturated rings. The van der Waals surface area contributed by atoms with Gasteiger partial charge >= 0.3 is 0 Å². The molecular weight excluding hydrogens is 390 g/mol. The molecule has 0 bridgehead atoms. The van der Waals surface area contributed by atoms with E-state index in [1.54, 1.807) is 12.1 Å². The van der Waals surface area contributed by atoms with Gasteiger partial charge in [-0.3, -0.25) is 10.1 Å². The second-order valence-electron chi connectivity index (χ2n) is 9.63. The lowest BCUT2D eigenvalue weighted by atomic mass is 9.53. The number of benzene rings is 2. The normalized spacial score (nSPS) is 33.5. The van der Waals surface area contributed by atoms with E-state index < -0.39 is 10.5 Å². The van der Waals surface area contributed by atoms with Crippen LogP contribution in [0.15, 0.2) is 42.5 Å². The summed E-state index contributed by atoms with van der Waals surface area (Å²) in [6, 6.07) is 12.5. The lowest BCUT2D eigenvalue weighted by Gasteiger charge is -2.52. The average Bonchev–Trinajstić information content (AvgIpc) is 3.05. The Bertz CT molecular complexity index is 1070. The lowest BCUT2D eigenvalue weighted by Crippen LogP contribution is -2.50. The monoisotopic (exact) mass is 417 g/mol. The third kappa shape index (κ3) is 3.04. The molecule has 3 aliphatic carbocycles. The van der Waals surface area contributed by atoms with Gasteiger partial charge in [0.15, 0.2) is 0 Å². The molecular formula is C26H27NO4. The zero-order valence-electron chi connectivity index (χ0n) is 17.7. The average molecular weight is 418 g/mol.